The van der Waals surface area contributed by atoms with Gasteiger partial charge in [0, 0.05) is 31.7 Å². The summed E-state index contributed by atoms with van der Waals surface area (Å²) in [5.74, 6) is -0.246. The first-order valence-electron chi connectivity index (χ1n) is 8.05. The van der Waals surface area contributed by atoms with Gasteiger partial charge in [-0.2, -0.15) is 0 Å². The van der Waals surface area contributed by atoms with E-state index in [1.807, 2.05) is 6.07 Å². The molecule has 0 fully saturated rings. The molecule has 1 aromatic heterocycles. The molecule has 0 saturated heterocycles. The zero-order valence-corrected chi connectivity index (χ0v) is 19.3. The Hall–Kier alpha value is -0.635. The molecule has 0 unspecified atom stereocenters. The van der Waals surface area contributed by atoms with Crippen molar-refractivity contribution >= 4 is 11.7 Å². The summed E-state index contributed by atoms with van der Waals surface area (Å²) in [7, 11) is 0. The van der Waals surface area contributed by atoms with E-state index in [1.54, 1.807) is 6.07 Å². The SMILES string of the molecule is [NH-]c1cc(C(=O)NC[C@H](O)CN2CCc3ccccc3C2)ccn1.[Rb+]. The molecule has 1 aliphatic rings. The predicted octanol–water partition coefficient (Wildman–Crippen LogP) is -1.08. The van der Waals surface area contributed by atoms with Gasteiger partial charge in [0.2, 0.25) is 0 Å². The van der Waals surface area contributed by atoms with E-state index in [-0.39, 0.29) is 76.5 Å². The molecule has 2 heterocycles. The Morgan fingerprint density at radius 2 is 2.08 bits per heavy atom. The molecule has 0 aliphatic carbocycles. The number of fused-ring (bicyclic) bond motifs is 1. The summed E-state index contributed by atoms with van der Waals surface area (Å²) in [5.41, 5.74) is 10.5. The van der Waals surface area contributed by atoms with Gasteiger partial charge in [-0.1, -0.05) is 48.4 Å². The molecule has 25 heavy (non-hydrogen) atoms. The Kier molecular flexibility index (Phi) is 8.18. The van der Waals surface area contributed by atoms with Gasteiger partial charge in [0.1, 0.15) is 0 Å². The molecule has 1 amide bonds. The molecule has 0 spiro atoms. The quantitative estimate of drug-likeness (QED) is 0.656. The number of β-amino-alcohol motifs (C(OH)–C–C–N with tert-alkyl or cyclic N) is 1. The molecule has 0 radical (unpaired) electrons. The van der Waals surface area contributed by atoms with Gasteiger partial charge in [-0.15, -0.1) is 0 Å². The second kappa shape index (κ2) is 9.90. The number of hydrogen-bond donors (Lipinski definition) is 2. The van der Waals surface area contributed by atoms with Crippen molar-refractivity contribution in [2.75, 3.05) is 19.6 Å². The summed E-state index contributed by atoms with van der Waals surface area (Å²) in [4.78, 5) is 18.0. The summed E-state index contributed by atoms with van der Waals surface area (Å²) < 4.78 is 0. The van der Waals surface area contributed by atoms with Crippen molar-refractivity contribution in [1.82, 2.24) is 15.2 Å². The van der Waals surface area contributed by atoms with Gasteiger partial charge in [-0.05, 0) is 17.5 Å². The zero-order chi connectivity index (χ0) is 16.9. The first-order valence-corrected chi connectivity index (χ1v) is 8.05. The van der Waals surface area contributed by atoms with Crippen LogP contribution in [-0.2, 0) is 13.0 Å². The molecule has 1 aromatic carbocycles. The van der Waals surface area contributed by atoms with Crippen LogP contribution in [0.4, 0.5) is 5.82 Å². The largest absolute Gasteiger partial charge is 1.00 e. The maximum atomic E-state index is 12.0. The number of amides is 1. The smallest absolute Gasteiger partial charge is 0.482 e. The average Bonchev–Trinajstić information content (AvgIpc) is 2.59. The van der Waals surface area contributed by atoms with E-state index >= 15 is 0 Å². The van der Waals surface area contributed by atoms with Crippen LogP contribution in [0.25, 0.3) is 5.73 Å². The first-order chi connectivity index (χ1) is 11.6. The molecule has 1 atom stereocenters. The van der Waals surface area contributed by atoms with Gasteiger partial charge in [0.15, 0.2) is 0 Å². The molecule has 0 bridgehead atoms. The monoisotopic (exact) mass is 410 g/mol. The third-order valence-corrected chi connectivity index (χ3v) is 4.20. The van der Waals surface area contributed by atoms with Crippen molar-refractivity contribution in [3.63, 3.8) is 0 Å². The number of aliphatic hydroxyl groups is 1. The van der Waals surface area contributed by atoms with Gasteiger partial charge in [-0.3, -0.25) is 9.69 Å². The van der Waals surface area contributed by atoms with E-state index in [0.717, 1.165) is 19.5 Å². The third-order valence-electron chi connectivity index (χ3n) is 4.20. The first kappa shape index (κ1) is 20.7. The van der Waals surface area contributed by atoms with Gasteiger partial charge >= 0.3 is 58.2 Å². The average molecular weight is 411 g/mol. The minimum Gasteiger partial charge on any atom is -0.482 e. The number of aliphatic hydroxyl groups excluding tert-OH is 1. The van der Waals surface area contributed by atoms with E-state index in [0.29, 0.717) is 12.1 Å². The van der Waals surface area contributed by atoms with Crippen molar-refractivity contribution < 1.29 is 68.1 Å². The van der Waals surface area contributed by atoms with Crippen LogP contribution in [0.5, 0.6) is 0 Å². The number of nitrogens with zero attached hydrogens (tertiary/aromatic N) is 2. The fourth-order valence-corrected chi connectivity index (χ4v) is 2.96. The molecule has 2 aromatic rings. The summed E-state index contributed by atoms with van der Waals surface area (Å²) in [5, 5.41) is 12.9. The van der Waals surface area contributed by atoms with Crippen LogP contribution >= 0.6 is 0 Å². The van der Waals surface area contributed by atoms with E-state index in [9.17, 15) is 9.90 Å². The molecule has 1 aliphatic heterocycles. The molecule has 3 rings (SSSR count). The number of hydrogen-bond acceptors (Lipinski definition) is 4. The van der Waals surface area contributed by atoms with E-state index < -0.39 is 6.10 Å². The Morgan fingerprint density at radius 1 is 1.32 bits per heavy atom. The Labute approximate surface area is 196 Å². The molecule has 7 heteroatoms. The predicted molar refractivity (Wildman–Crippen MR) is 92.0 cm³/mol. The van der Waals surface area contributed by atoms with Crippen LogP contribution in [-0.4, -0.2) is 46.6 Å². The summed E-state index contributed by atoms with van der Waals surface area (Å²) >= 11 is 0. The number of pyridine rings is 1. The topological polar surface area (TPSA) is 89.3 Å². The molecule has 0 saturated carbocycles. The third kappa shape index (κ3) is 5.94. The number of rotatable bonds is 5. The zero-order valence-electron chi connectivity index (χ0n) is 14.4. The number of nitrogens with one attached hydrogen (secondary N) is 2. The number of benzene rings is 1. The molecule has 6 nitrogen and oxygen atoms in total. The van der Waals surface area contributed by atoms with Crippen LogP contribution in [0.3, 0.4) is 0 Å². The second-order valence-corrected chi connectivity index (χ2v) is 6.05. The standard InChI is InChI=1S/C18H22N4O2.Rb/c19-17-9-14(5-7-20-17)18(24)21-10-16(23)12-22-8-6-13-3-1-2-4-15(13)11-22;/h1-5,7,9,16,23H,6,8,10-12H2,(H3,19,20,21,24);/q;+1/p-1/t16-;/m0./s1. The van der Waals surface area contributed by atoms with Crippen molar-refractivity contribution in [2.24, 2.45) is 0 Å². The molecule has 3 N–H and O–H groups in total. The summed E-state index contributed by atoms with van der Waals surface area (Å²) in [6, 6.07) is 11.3. The normalized spacial score (nSPS) is 14.9. The second-order valence-electron chi connectivity index (χ2n) is 6.05. The van der Waals surface area contributed by atoms with Crippen LogP contribution in [0.2, 0.25) is 0 Å². The number of aromatic nitrogens is 1. The minimum absolute atomic E-state index is 0. The summed E-state index contributed by atoms with van der Waals surface area (Å²) in [6.07, 6.45) is 1.79. The van der Waals surface area contributed by atoms with Crippen LogP contribution in [0.15, 0.2) is 42.6 Å². The maximum absolute atomic E-state index is 12.0. The van der Waals surface area contributed by atoms with Crippen molar-refractivity contribution in [2.45, 2.75) is 19.1 Å². The van der Waals surface area contributed by atoms with Crippen LogP contribution in [0.1, 0.15) is 21.5 Å². The fraction of sp³-hybridized carbons (Fsp3) is 0.333. The van der Waals surface area contributed by atoms with E-state index in [4.69, 9.17) is 5.73 Å². The van der Waals surface area contributed by atoms with Crippen molar-refractivity contribution in [3.05, 3.63) is 65.0 Å². The Balaban J connectivity index is 0.00000225. The van der Waals surface area contributed by atoms with Crippen molar-refractivity contribution in [1.29, 1.82) is 0 Å². The molecule has 126 valence electrons. The van der Waals surface area contributed by atoms with Gasteiger partial charge in [0.05, 0.1) is 6.10 Å². The number of carbonyl (C=O) groups is 1. The maximum Gasteiger partial charge on any atom is 1.00 e. The van der Waals surface area contributed by atoms with Gasteiger partial charge in [0.25, 0.3) is 5.91 Å². The van der Waals surface area contributed by atoms with E-state index in [2.05, 4.69) is 33.4 Å². The Morgan fingerprint density at radius 3 is 2.84 bits per heavy atom. The molecular formula is C18H21N4O2Rb. The fourth-order valence-electron chi connectivity index (χ4n) is 2.96. The molecular weight excluding hydrogens is 390 g/mol. The van der Waals surface area contributed by atoms with Crippen LogP contribution < -0.4 is 63.5 Å². The van der Waals surface area contributed by atoms with Gasteiger partial charge in [-0.25, -0.2) is 0 Å². The number of carbonyl (C=O) groups excluding carboxylic acids is 1. The van der Waals surface area contributed by atoms with E-state index in [1.165, 1.54) is 23.4 Å². The summed E-state index contributed by atoms with van der Waals surface area (Å²) in [6.45, 7) is 2.45. The Bertz CT molecular complexity index is 726. The van der Waals surface area contributed by atoms with Gasteiger partial charge < -0.3 is 21.1 Å². The minimum atomic E-state index is -0.628. The van der Waals surface area contributed by atoms with Crippen LogP contribution in [0, 0.1) is 0 Å². The van der Waals surface area contributed by atoms with Crippen molar-refractivity contribution in [3.8, 4) is 0 Å².